The molecule has 2 N–H and O–H groups in total. The summed E-state index contributed by atoms with van der Waals surface area (Å²) in [7, 11) is 0. The van der Waals surface area contributed by atoms with Crippen LogP contribution in [0.25, 0.3) is 0 Å². The molecule has 0 aromatic heterocycles. The molecule has 0 bridgehead atoms. The Labute approximate surface area is 104 Å². The van der Waals surface area contributed by atoms with E-state index < -0.39 is 0 Å². The summed E-state index contributed by atoms with van der Waals surface area (Å²) in [5.74, 6) is 0. The van der Waals surface area contributed by atoms with Gasteiger partial charge >= 0.3 is 0 Å². The number of nitrogens with two attached hydrogens (primary N) is 1. The fourth-order valence-corrected chi connectivity index (χ4v) is 1.90. The molecule has 2 aromatic carbocycles. The molecule has 0 fully saturated rings. The Balaban J connectivity index is 2.28. The van der Waals surface area contributed by atoms with E-state index in [2.05, 4.69) is 59.3 Å². The minimum atomic E-state index is -0.0475. The number of hydrogen-bond acceptors (Lipinski definition) is 1. The van der Waals surface area contributed by atoms with Gasteiger partial charge < -0.3 is 5.73 Å². The molecule has 1 nitrogen and oxygen atoms in total. The van der Waals surface area contributed by atoms with E-state index in [0.717, 1.165) is 15.6 Å². The van der Waals surface area contributed by atoms with Gasteiger partial charge in [-0.15, -0.1) is 0 Å². The Bertz CT molecular complexity index is 414. The lowest BCUT2D eigenvalue weighted by molar-refractivity contribution is 0.870. The van der Waals surface area contributed by atoms with Crippen LogP contribution >= 0.6 is 15.9 Å². The van der Waals surface area contributed by atoms with Gasteiger partial charge in [0.15, 0.2) is 0 Å². The molecule has 0 aliphatic rings. The van der Waals surface area contributed by atoms with Crippen molar-refractivity contribution in [3.05, 3.63) is 69.7 Å². The van der Waals surface area contributed by atoms with E-state index in [1.165, 1.54) is 5.56 Å². The zero-order valence-corrected chi connectivity index (χ0v) is 10.7. The van der Waals surface area contributed by atoms with Gasteiger partial charge in [-0.1, -0.05) is 57.9 Å². The Morgan fingerprint density at radius 1 is 0.875 bits per heavy atom. The van der Waals surface area contributed by atoms with Crippen LogP contribution in [0.3, 0.4) is 0 Å². The molecule has 2 aromatic rings. The molecule has 0 saturated heterocycles. The van der Waals surface area contributed by atoms with E-state index in [4.69, 9.17) is 5.73 Å². The van der Waals surface area contributed by atoms with E-state index in [1.54, 1.807) is 0 Å². The molecule has 2 rings (SSSR count). The standard InChI is InChI=1S/C14H14BrN/c1-10-2-4-11(5-3-10)14(16)12-6-8-13(15)9-7-12/h2-9,14H,16H2,1H3. The van der Waals surface area contributed by atoms with E-state index >= 15 is 0 Å². The van der Waals surface area contributed by atoms with Crippen molar-refractivity contribution in [2.24, 2.45) is 5.73 Å². The van der Waals surface area contributed by atoms with Crippen molar-refractivity contribution >= 4 is 15.9 Å². The Kier molecular flexibility index (Phi) is 3.42. The van der Waals surface area contributed by atoms with Crippen LogP contribution in [-0.4, -0.2) is 0 Å². The Morgan fingerprint density at radius 2 is 1.31 bits per heavy atom. The second-order valence-corrected chi connectivity index (χ2v) is 4.86. The van der Waals surface area contributed by atoms with Gasteiger partial charge in [-0.2, -0.15) is 0 Å². The maximum atomic E-state index is 6.20. The maximum Gasteiger partial charge on any atom is 0.0551 e. The van der Waals surface area contributed by atoms with Crippen LogP contribution in [0.4, 0.5) is 0 Å². The summed E-state index contributed by atoms with van der Waals surface area (Å²) in [4.78, 5) is 0. The zero-order valence-electron chi connectivity index (χ0n) is 9.15. The Morgan fingerprint density at radius 3 is 1.81 bits per heavy atom. The Hall–Kier alpha value is -1.12. The minimum Gasteiger partial charge on any atom is -0.320 e. The molecule has 0 saturated carbocycles. The van der Waals surface area contributed by atoms with Crippen LogP contribution in [0, 0.1) is 6.92 Å². The van der Waals surface area contributed by atoms with Crippen molar-refractivity contribution in [1.29, 1.82) is 0 Å². The smallest absolute Gasteiger partial charge is 0.0551 e. The predicted octanol–water partition coefficient (Wildman–Crippen LogP) is 3.81. The van der Waals surface area contributed by atoms with Crippen molar-refractivity contribution < 1.29 is 0 Å². The predicted molar refractivity (Wildman–Crippen MR) is 71.4 cm³/mol. The minimum absolute atomic E-state index is 0.0475. The lowest BCUT2D eigenvalue weighted by Gasteiger charge is -2.12. The van der Waals surface area contributed by atoms with Gasteiger partial charge in [0.05, 0.1) is 6.04 Å². The van der Waals surface area contributed by atoms with E-state index in [1.807, 2.05) is 12.1 Å². The van der Waals surface area contributed by atoms with Crippen molar-refractivity contribution in [1.82, 2.24) is 0 Å². The highest BCUT2D eigenvalue weighted by Crippen LogP contribution is 2.21. The highest BCUT2D eigenvalue weighted by Gasteiger charge is 2.07. The number of benzene rings is 2. The summed E-state index contributed by atoms with van der Waals surface area (Å²) in [6.07, 6.45) is 0. The van der Waals surface area contributed by atoms with E-state index in [9.17, 15) is 0 Å². The summed E-state index contributed by atoms with van der Waals surface area (Å²) in [5.41, 5.74) is 9.74. The quantitative estimate of drug-likeness (QED) is 0.887. The molecule has 1 atom stereocenters. The molecule has 0 aliphatic heterocycles. The molecule has 16 heavy (non-hydrogen) atoms. The van der Waals surface area contributed by atoms with Gasteiger partial charge in [0.2, 0.25) is 0 Å². The van der Waals surface area contributed by atoms with E-state index in [-0.39, 0.29) is 6.04 Å². The molecule has 0 radical (unpaired) electrons. The fourth-order valence-electron chi connectivity index (χ4n) is 1.64. The van der Waals surface area contributed by atoms with Crippen molar-refractivity contribution in [3.63, 3.8) is 0 Å². The molecule has 1 unspecified atom stereocenters. The summed E-state index contributed by atoms with van der Waals surface area (Å²) < 4.78 is 1.08. The SMILES string of the molecule is Cc1ccc(C(N)c2ccc(Br)cc2)cc1. The summed E-state index contributed by atoms with van der Waals surface area (Å²) in [5, 5.41) is 0. The summed E-state index contributed by atoms with van der Waals surface area (Å²) >= 11 is 3.42. The van der Waals surface area contributed by atoms with Crippen molar-refractivity contribution in [2.45, 2.75) is 13.0 Å². The third-order valence-electron chi connectivity index (χ3n) is 2.67. The van der Waals surface area contributed by atoms with Crippen LogP contribution in [0.15, 0.2) is 53.0 Å². The van der Waals surface area contributed by atoms with E-state index in [0.29, 0.717) is 0 Å². The maximum absolute atomic E-state index is 6.20. The number of rotatable bonds is 2. The number of halogens is 1. The van der Waals surface area contributed by atoms with Crippen LogP contribution in [0.1, 0.15) is 22.7 Å². The molecule has 0 amide bonds. The van der Waals surface area contributed by atoms with Crippen LogP contribution in [0.2, 0.25) is 0 Å². The average molecular weight is 276 g/mol. The first-order valence-corrected chi connectivity index (χ1v) is 6.04. The third kappa shape index (κ3) is 2.52. The largest absolute Gasteiger partial charge is 0.320 e. The van der Waals surface area contributed by atoms with Crippen LogP contribution in [-0.2, 0) is 0 Å². The first-order valence-electron chi connectivity index (χ1n) is 5.24. The molecular formula is C14H14BrN. The molecule has 0 spiro atoms. The van der Waals surface area contributed by atoms with Gasteiger partial charge in [0.1, 0.15) is 0 Å². The van der Waals surface area contributed by atoms with Gasteiger partial charge in [-0.05, 0) is 30.2 Å². The van der Waals surface area contributed by atoms with Gasteiger partial charge in [0.25, 0.3) is 0 Å². The third-order valence-corrected chi connectivity index (χ3v) is 3.19. The summed E-state index contributed by atoms with van der Waals surface area (Å²) in [6.45, 7) is 2.08. The molecule has 82 valence electrons. The molecule has 2 heteroatoms. The highest BCUT2D eigenvalue weighted by molar-refractivity contribution is 9.10. The van der Waals surface area contributed by atoms with Gasteiger partial charge in [-0.3, -0.25) is 0 Å². The fraction of sp³-hybridized carbons (Fsp3) is 0.143. The zero-order chi connectivity index (χ0) is 11.5. The first kappa shape index (κ1) is 11.4. The van der Waals surface area contributed by atoms with Gasteiger partial charge in [0, 0.05) is 4.47 Å². The monoisotopic (exact) mass is 275 g/mol. The molecule has 0 heterocycles. The highest BCUT2D eigenvalue weighted by atomic mass is 79.9. The van der Waals surface area contributed by atoms with Crippen LogP contribution < -0.4 is 5.73 Å². The topological polar surface area (TPSA) is 26.0 Å². The average Bonchev–Trinajstić information content (AvgIpc) is 2.30. The van der Waals surface area contributed by atoms with Gasteiger partial charge in [-0.25, -0.2) is 0 Å². The molecule has 0 aliphatic carbocycles. The van der Waals surface area contributed by atoms with Crippen molar-refractivity contribution in [2.75, 3.05) is 0 Å². The second kappa shape index (κ2) is 4.81. The summed E-state index contributed by atoms with van der Waals surface area (Å²) in [6, 6.07) is 16.4. The van der Waals surface area contributed by atoms with Crippen molar-refractivity contribution in [3.8, 4) is 0 Å². The van der Waals surface area contributed by atoms with Crippen LogP contribution in [0.5, 0.6) is 0 Å². The first-order chi connectivity index (χ1) is 7.66. The lowest BCUT2D eigenvalue weighted by Crippen LogP contribution is -2.11. The number of aryl methyl sites for hydroxylation is 1. The number of hydrogen-bond donors (Lipinski definition) is 1. The second-order valence-electron chi connectivity index (χ2n) is 3.94. The molecular weight excluding hydrogens is 262 g/mol. The normalized spacial score (nSPS) is 12.4. The lowest BCUT2D eigenvalue weighted by atomic mass is 9.99.